The highest BCUT2D eigenvalue weighted by molar-refractivity contribution is 7.80. The molecule has 1 aromatic carbocycles. The highest BCUT2D eigenvalue weighted by atomic mass is 32.2. The molecule has 0 heterocycles. The predicted molar refractivity (Wildman–Crippen MR) is 99.0 cm³/mol. The second-order valence-electron chi connectivity index (χ2n) is 6.12. The third-order valence-corrected chi connectivity index (χ3v) is 4.61. The van der Waals surface area contributed by atoms with E-state index in [1.807, 2.05) is 0 Å². The topological polar surface area (TPSA) is 156 Å². The molecule has 0 aliphatic heterocycles. The van der Waals surface area contributed by atoms with Gasteiger partial charge in [-0.05, 0) is 37.5 Å². The second-order valence-corrected chi connectivity index (χ2v) is 6.92. The number of nitrogens with zero attached hydrogens (tertiary/aromatic N) is 2. The Balaban J connectivity index is 2.01. The Kier molecular flexibility index (Phi) is 6.34. The van der Waals surface area contributed by atoms with E-state index in [1.54, 1.807) is 0 Å². The van der Waals surface area contributed by atoms with E-state index in [0.29, 0.717) is 6.42 Å². The van der Waals surface area contributed by atoms with E-state index in [0.717, 1.165) is 25.0 Å². The van der Waals surface area contributed by atoms with Gasteiger partial charge in [-0.2, -0.15) is 13.2 Å². The van der Waals surface area contributed by atoms with Gasteiger partial charge in [0.1, 0.15) is 11.5 Å². The van der Waals surface area contributed by atoms with Gasteiger partial charge in [-0.25, -0.2) is 19.1 Å². The van der Waals surface area contributed by atoms with Crippen molar-refractivity contribution in [3.63, 3.8) is 0 Å². The van der Waals surface area contributed by atoms with Gasteiger partial charge in [0.15, 0.2) is 17.0 Å². The lowest BCUT2D eigenvalue weighted by Crippen LogP contribution is -2.38. The Morgan fingerprint density at radius 3 is 2.52 bits per heavy atom. The number of nitrogens with two attached hydrogens (primary N) is 3. The molecule has 1 aliphatic rings. The van der Waals surface area contributed by atoms with Crippen molar-refractivity contribution in [2.75, 3.05) is 6.54 Å². The van der Waals surface area contributed by atoms with Crippen molar-refractivity contribution in [3.05, 3.63) is 29.8 Å². The fraction of sp³-hybridized carbons (Fsp3) is 0.400. The van der Waals surface area contributed by atoms with E-state index >= 15 is 0 Å². The lowest BCUT2D eigenvalue weighted by Gasteiger charge is -2.13. The van der Waals surface area contributed by atoms with Crippen molar-refractivity contribution in [3.8, 4) is 0 Å². The van der Waals surface area contributed by atoms with Crippen molar-refractivity contribution in [1.29, 1.82) is 5.41 Å². The first-order valence-corrected chi connectivity index (χ1v) is 9.08. The zero-order valence-corrected chi connectivity index (χ0v) is 15.0. The summed E-state index contributed by atoms with van der Waals surface area (Å²) in [6.45, 7) is 0.245. The largest absolute Gasteiger partial charge is 0.416 e. The molecule has 1 aromatic rings. The maximum Gasteiger partial charge on any atom is 0.416 e. The summed E-state index contributed by atoms with van der Waals surface area (Å²) in [7, 11) is 0. The predicted octanol–water partition coefficient (Wildman–Crippen LogP) is 1.12. The molecular weight excluding hydrogens is 383 g/mol. The summed E-state index contributed by atoms with van der Waals surface area (Å²) in [6, 6.07) is 4.26. The standard InChI is InChI=1S/C15H20F3N7OS/c16-15(17,18)9-2-1-3-10(8-9)24-13(21)11(19)12(20)23-7-6-14(4-5-14)25-27(22)26/h1-3,8,19,25H,4-7,22H2,(H2,20,23)(H2,21,24). The summed E-state index contributed by atoms with van der Waals surface area (Å²) in [5.41, 5.74) is 9.73. The van der Waals surface area contributed by atoms with Gasteiger partial charge < -0.3 is 11.5 Å². The zero-order valence-electron chi connectivity index (χ0n) is 14.2. The van der Waals surface area contributed by atoms with Gasteiger partial charge in [0.2, 0.25) is 0 Å². The molecule has 8 N–H and O–H groups in total. The van der Waals surface area contributed by atoms with Crippen molar-refractivity contribution in [2.45, 2.75) is 31.0 Å². The average molecular weight is 403 g/mol. The summed E-state index contributed by atoms with van der Waals surface area (Å²) in [6.07, 6.45) is -2.37. The van der Waals surface area contributed by atoms with Crippen LogP contribution < -0.4 is 21.3 Å². The van der Waals surface area contributed by atoms with Crippen LogP contribution in [0.4, 0.5) is 18.9 Å². The van der Waals surface area contributed by atoms with Gasteiger partial charge in [0, 0.05) is 12.1 Å². The summed E-state index contributed by atoms with van der Waals surface area (Å²) in [4.78, 5) is 7.83. The van der Waals surface area contributed by atoms with Crippen molar-refractivity contribution < 1.29 is 17.4 Å². The summed E-state index contributed by atoms with van der Waals surface area (Å²) in [5, 5.41) is 13.1. The Labute approximate surface area is 156 Å². The zero-order chi connectivity index (χ0) is 20.2. The molecule has 8 nitrogen and oxygen atoms in total. The molecule has 0 amide bonds. The monoisotopic (exact) mass is 403 g/mol. The van der Waals surface area contributed by atoms with Gasteiger partial charge in [0.05, 0.1) is 11.3 Å². The summed E-state index contributed by atoms with van der Waals surface area (Å²) < 4.78 is 51.9. The minimum absolute atomic E-state index is 0.0496. The number of halogens is 3. The maximum absolute atomic E-state index is 12.7. The number of amidine groups is 2. The van der Waals surface area contributed by atoms with E-state index in [9.17, 15) is 17.4 Å². The first-order valence-electron chi connectivity index (χ1n) is 7.87. The van der Waals surface area contributed by atoms with Crippen LogP contribution in [-0.2, 0) is 17.3 Å². The third-order valence-electron chi connectivity index (χ3n) is 3.98. The maximum atomic E-state index is 12.7. The molecule has 1 saturated carbocycles. The SMILES string of the molecule is N=C(C(N)=NCCC1(NS(N)=O)CC1)C(N)=Nc1cccc(C(F)(F)F)c1. The number of hydrogen-bond donors (Lipinski definition) is 5. The highest BCUT2D eigenvalue weighted by Crippen LogP contribution is 2.38. The number of rotatable bonds is 8. The van der Waals surface area contributed by atoms with Crippen LogP contribution in [-0.4, -0.2) is 33.7 Å². The van der Waals surface area contributed by atoms with Gasteiger partial charge in [-0.15, -0.1) is 0 Å². The summed E-state index contributed by atoms with van der Waals surface area (Å²) in [5.74, 6) is -0.536. The molecule has 148 valence electrons. The summed E-state index contributed by atoms with van der Waals surface area (Å²) >= 11 is -1.63. The van der Waals surface area contributed by atoms with Gasteiger partial charge in [-0.1, -0.05) is 6.07 Å². The van der Waals surface area contributed by atoms with Crippen LogP contribution in [0.2, 0.25) is 0 Å². The van der Waals surface area contributed by atoms with Crippen molar-refractivity contribution >= 4 is 34.2 Å². The molecule has 2 rings (SSSR count). The highest BCUT2D eigenvalue weighted by Gasteiger charge is 2.42. The molecule has 1 unspecified atom stereocenters. The average Bonchev–Trinajstić information content (AvgIpc) is 3.32. The molecular formula is C15H20F3N7OS. The Hall–Kier alpha value is -2.31. The number of benzene rings is 1. The quantitative estimate of drug-likeness (QED) is 0.326. The van der Waals surface area contributed by atoms with E-state index in [1.165, 1.54) is 12.1 Å². The van der Waals surface area contributed by atoms with Gasteiger partial charge in [-0.3, -0.25) is 10.4 Å². The van der Waals surface area contributed by atoms with E-state index in [2.05, 4.69) is 14.7 Å². The van der Waals surface area contributed by atoms with Crippen LogP contribution in [0.3, 0.4) is 0 Å². The lowest BCUT2D eigenvalue weighted by molar-refractivity contribution is -0.137. The Bertz CT molecular complexity index is 803. The first kappa shape index (κ1) is 21.0. The molecule has 0 spiro atoms. The molecule has 0 aromatic heterocycles. The van der Waals surface area contributed by atoms with E-state index < -0.39 is 22.9 Å². The number of nitrogens with one attached hydrogen (secondary N) is 2. The third kappa shape index (κ3) is 6.12. The lowest BCUT2D eigenvalue weighted by atomic mass is 10.2. The van der Waals surface area contributed by atoms with Crippen LogP contribution >= 0.6 is 0 Å². The Morgan fingerprint density at radius 1 is 1.30 bits per heavy atom. The fourth-order valence-corrected chi connectivity index (χ4v) is 3.05. The van der Waals surface area contributed by atoms with Gasteiger partial charge >= 0.3 is 6.18 Å². The van der Waals surface area contributed by atoms with Crippen LogP contribution in [0.5, 0.6) is 0 Å². The van der Waals surface area contributed by atoms with Gasteiger partial charge in [0.25, 0.3) is 0 Å². The van der Waals surface area contributed by atoms with Crippen LogP contribution in [0.25, 0.3) is 0 Å². The molecule has 0 saturated heterocycles. The number of hydrogen-bond acceptors (Lipinski definition) is 4. The number of alkyl halides is 3. The van der Waals surface area contributed by atoms with Crippen LogP contribution in [0.1, 0.15) is 24.8 Å². The Morgan fingerprint density at radius 2 is 1.96 bits per heavy atom. The fourth-order valence-electron chi connectivity index (χ4n) is 2.31. The minimum atomic E-state index is -4.51. The van der Waals surface area contributed by atoms with Crippen molar-refractivity contribution in [1.82, 2.24) is 4.72 Å². The van der Waals surface area contributed by atoms with Crippen molar-refractivity contribution in [2.24, 2.45) is 26.6 Å². The molecule has 0 radical (unpaired) electrons. The van der Waals surface area contributed by atoms with E-state index in [-0.39, 0.29) is 35.2 Å². The first-order chi connectivity index (χ1) is 12.5. The molecule has 1 aliphatic carbocycles. The number of aliphatic imine (C=N–C) groups is 2. The normalized spacial score (nSPS) is 18.2. The second kappa shape index (κ2) is 8.15. The molecule has 1 fully saturated rings. The molecule has 1 atom stereocenters. The molecule has 27 heavy (non-hydrogen) atoms. The van der Waals surface area contributed by atoms with Crippen LogP contribution in [0, 0.1) is 5.41 Å². The molecule has 12 heteroatoms. The molecule has 0 bridgehead atoms. The smallest absolute Gasteiger partial charge is 0.382 e. The van der Waals surface area contributed by atoms with Crippen LogP contribution in [0.15, 0.2) is 34.3 Å². The van der Waals surface area contributed by atoms with E-state index in [4.69, 9.17) is 22.0 Å². The minimum Gasteiger partial charge on any atom is -0.382 e.